The van der Waals surface area contributed by atoms with Crippen LogP contribution in [0.1, 0.15) is 54.9 Å². The van der Waals surface area contributed by atoms with E-state index in [0.29, 0.717) is 68.8 Å². The van der Waals surface area contributed by atoms with E-state index in [2.05, 4.69) is 0 Å². The topological polar surface area (TPSA) is 115 Å². The Balaban J connectivity index is 1.13. The molecule has 0 bridgehead atoms. The molecule has 3 aliphatic rings. The fraction of sp³-hybridized carbons (Fsp3) is 0.500. The van der Waals surface area contributed by atoms with Crippen molar-refractivity contribution in [3.8, 4) is 23.0 Å². The maximum absolute atomic E-state index is 12.6. The SMILES string of the molecule is COc1cc2c(cc1OCCCOc1cc3c(cc1OC)CN(C(=O)C1CC1)C3)CN(C(=O)C[C@H](C)C(=O)O)C2. The molecule has 2 amide bonds. The van der Waals surface area contributed by atoms with Crippen molar-refractivity contribution in [2.45, 2.75) is 58.8 Å². The fourth-order valence-electron chi connectivity index (χ4n) is 5.18. The molecule has 2 heterocycles. The second kappa shape index (κ2) is 11.7. The summed E-state index contributed by atoms with van der Waals surface area (Å²) in [4.78, 5) is 39.8. The van der Waals surface area contributed by atoms with E-state index in [-0.39, 0.29) is 24.2 Å². The molecule has 1 fully saturated rings. The number of carbonyl (C=O) groups is 3. The predicted molar refractivity (Wildman–Crippen MR) is 144 cm³/mol. The maximum Gasteiger partial charge on any atom is 0.306 e. The van der Waals surface area contributed by atoms with E-state index in [4.69, 9.17) is 24.1 Å². The number of amides is 2. The highest BCUT2D eigenvalue weighted by Gasteiger charge is 2.36. The maximum atomic E-state index is 12.6. The summed E-state index contributed by atoms with van der Waals surface area (Å²) in [6, 6.07) is 7.71. The highest BCUT2D eigenvalue weighted by Crippen LogP contribution is 2.39. The summed E-state index contributed by atoms with van der Waals surface area (Å²) >= 11 is 0. The quantitative estimate of drug-likeness (QED) is 0.396. The highest BCUT2D eigenvalue weighted by atomic mass is 16.5. The predicted octanol–water partition coefficient (Wildman–Crippen LogP) is 3.76. The lowest BCUT2D eigenvalue weighted by molar-refractivity contribution is -0.145. The summed E-state index contributed by atoms with van der Waals surface area (Å²) in [5, 5.41) is 9.11. The molecule has 1 aliphatic carbocycles. The summed E-state index contributed by atoms with van der Waals surface area (Å²) in [6.07, 6.45) is 2.57. The molecule has 2 aromatic carbocycles. The lowest BCUT2D eigenvalue weighted by Gasteiger charge is -2.16. The number of carboxylic acid groups (broad SMARTS) is 1. The molecule has 0 radical (unpaired) electrons. The van der Waals surface area contributed by atoms with Gasteiger partial charge in [-0.2, -0.15) is 0 Å². The minimum atomic E-state index is -0.979. The van der Waals surface area contributed by atoms with Crippen molar-refractivity contribution in [3.63, 3.8) is 0 Å². The molecule has 2 aromatic rings. The zero-order valence-corrected chi connectivity index (χ0v) is 23.2. The Labute approximate surface area is 233 Å². The number of fused-ring (bicyclic) bond motifs is 2. The Morgan fingerprint density at radius 2 is 1.25 bits per heavy atom. The van der Waals surface area contributed by atoms with E-state index in [1.165, 1.54) is 6.92 Å². The van der Waals surface area contributed by atoms with E-state index < -0.39 is 11.9 Å². The van der Waals surface area contributed by atoms with Crippen molar-refractivity contribution < 1.29 is 38.4 Å². The number of benzene rings is 2. The molecular weight excluding hydrogens is 516 g/mol. The molecule has 1 saturated carbocycles. The first-order chi connectivity index (χ1) is 19.3. The third-order valence-electron chi connectivity index (χ3n) is 7.71. The minimum absolute atomic E-state index is 0.0321. The molecule has 2 aliphatic heterocycles. The number of hydrogen-bond donors (Lipinski definition) is 1. The number of hydrogen-bond acceptors (Lipinski definition) is 7. The molecule has 214 valence electrons. The van der Waals surface area contributed by atoms with E-state index in [0.717, 1.165) is 35.1 Å². The number of nitrogens with zero attached hydrogens (tertiary/aromatic N) is 2. The normalized spacial score (nSPS) is 16.3. The van der Waals surface area contributed by atoms with Crippen LogP contribution in [0.4, 0.5) is 0 Å². The van der Waals surface area contributed by atoms with Gasteiger partial charge in [-0.3, -0.25) is 14.4 Å². The molecule has 0 spiro atoms. The molecule has 40 heavy (non-hydrogen) atoms. The second-order valence-electron chi connectivity index (χ2n) is 10.8. The van der Waals surface area contributed by atoms with Crippen LogP contribution in [0.5, 0.6) is 23.0 Å². The number of aliphatic carboxylic acids is 1. The largest absolute Gasteiger partial charge is 0.493 e. The molecule has 5 rings (SSSR count). The van der Waals surface area contributed by atoms with Gasteiger partial charge < -0.3 is 33.9 Å². The number of carbonyl (C=O) groups excluding carboxylic acids is 2. The Hall–Kier alpha value is -3.95. The van der Waals surface area contributed by atoms with Crippen molar-refractivity contribution in [3.05, 3.63) is 46.5 Å². The number of rotatable bonds is 12. The number of carboxylic acids is 1. The van der Waals surface area contributed by atoms with E-state index in [1.54, 1.807) is 19.1 Å². The van der Waals surface area contributed by atoms with Gasteiger partial charge in [0.15, 0.2) is 23.0 Å². The van der Waals surface area contributed by atoms with Crippen molar-refractivity contribution in [2.75, 3.05) is 27.4 Å². The van der Waals surface area contributed by atoms with Gasteiger partial charge in [0.1, 0.15) is 0 Å². The third kappa shape index (κ3) is 5.95. The molecule has 0 unspecified atom stereocenters. The first kappa shape index (κ1) is 27.6. The average molecular weight is 553 g/mol. The molecule has 10 heteroatoms. The van der Waals surface area contributed by atoms with Gasteiger partial charge in [-0.05, 0) is 59.4 Å². The van der Waals surface area contributed by atoms with Crippen LogP contribution in [-0.4, -0.2) is 60.1 Å². The van der Waals surface area contributed by atoms with Gasteiger partial charge in [0.2, 0.25) is 11.8 Å². The Kier molecular flexibility index (Phi) is 8.04. The van der Waals surface area contributed by atoms with Crippen molar-refractivity contribution in [2.24, 2.45) is 11.8 Å². The van der Waals surface area contributed by atoms with Crippen LogP contribution in [0.25, 0.3) is 0 Å². The van der Waals surface area contributed by atoms with E-state index in [1.807, 2.05) is 29.2 Å². The van der Waals surface area contributed by atoms with Crippen LogP contribution in [0.2, 0.25) is 0 Å². The van der Waals surface area contributed by atoms with E-state index >= 15 is 0 Å². The number of methoxy groups -OCH3 is 2. The number of ether oxygens (including phenoxy) is 4. The van der Waals surface area contributed by atoms with Crippen LogP contribution in [-0.2, 0) is 40.6 Å². The summed E-state index contributed by atoms with van der Waals surface area (Å²) in [5.74, 6) is 1.02. The lowest BCUT2D eigenvalue weighted by Crippen LogP contribution is -2.28. The van der Waals surface area contributed by atoms with Gasteiger partial charge in [0.25, 0.3) is 0 Å². The smallest absolute Gasteiger partial charge is 0.306 e. The summed E-state index contributed by atoms with van der Waals surface area (Å²) in [6.45, 7) is 4.39. The fourth-order valence-corrected chi connectivity index (χ4v) is 5.18. The monoisotopic (exact) mass is 552 g/mol. The van der Waals surface area contributed by atoms with Gasteiger partial charge in [0, 0.05) is 44.9 Å². The van der Waals surface area contributed by atoms with E-state index in [9.17, 15) is 14.4 Å². The average Bonchev–Trinajstić information content (AvgIpc) is 3.58. The van der Waals surface area contributed by atoms with Crippen molar-refractivity contribution in [1.82, 2.24) is 9.80 Å². The Morgan fingerprint density at radius 1 is 0.800 bits per heavy atom. The zero-order valence-electron chi connectivity index (χ0n) is 23.2. The molecule has 1 N–H and O–H groups in total. The lowest BCUT2D eigenvalue weighted by atomic mass is 10.1. The molecular formula is C30H36N2O8. The Morgan fingerprint density at radius 3 is 1.68 bits per heavy atom. The first-order valence-corrected chi connectivity index (χ1v) is 13.7. The van der Waals surface area contributed by atoms with Gasteiger partial charge in [-0.1, -0.05) is 6.92 Å². The van der Waals surface area contributed by atoms with Crippen LogP contribution < -0.4 is 18.9 Å². The van der Waals surface area contributed by atoms with Gasteiger partial charge in [-0.25, -0.2) is 0 Å². The molecule has 0 saturated heterocycles. The standard InChI is InChI=1S/C30H36N2O8/c1-18(30(35)36)9-28(33)31-14-20-10-24(37-2)26(12-22(20)15-31)39-7-4-8-40-27-13-23-17-32(29(34)19-5-6-19)16-21(23)11-25(27)38-3/h10-13,18-19H,4-9,14-17H2,1-3H3,(H,35,36)/t18-/m0/s1. The van der Waals surface area contributed by atoms with Crippen molar-refractivity contribution >= 4 is 17.8 Å². The summed E-state index contributed by atoms with van der Waals surface area (Å²) in [7, 11) is 3.19. The first-order valence-electron chi connectivity index (χ1n) is 13.7. The van der Waals surface area contributed by atoms with Gasteiger partial charge >= 0.3 is 5.97 Å². The Bertz CT molecular complexity index is 1310. The van der Waals surface area contributed by atoms with Crippen LogP contribution in [0, 0.1) is 11.8 Å². The summed E-state index contributed by atoms with van der Waals surface area (Å²) < 4.78 is 23.1. The second-order valence-corrected chi connectivity index (χ2v) is 10.8. The van der Waals surface area contributed by atoms with Gasteiger partial charge in [0.05, 0.1) is 33.4 Å². The molecule has 1 atom stereocenters. The summed E-state index contributed by atoms with van der Waals surface area (Å²) in [5.41, 5.74) is 4.11. The van der Waals surface area contributed by atoms with Gasteiger partial charge in [-0.15, -0.1) is 0 Å². The molecule has 0 aromatic heterocycles. The van der Waals surface area contributed by atoms with Crippen LogP contribution >= 0.6 is 0 Å². The van der Waals surface area contributed by atoms with Crippen LogP contribution in [0.15, 0.2) is 24.3 Å². The minimum Gasteiger partial charge on any atom is -0.493 e. The highest BCUT2D eigenvalue weighted by molar-refractivity contribution is 5.83. The molecule has 10 nitrogen and oxygen atoms in total. The van der Waals surface area contributed by atoms with Crippen molar-refractivity contribution in [1.29, 1.82) is 0 Å². The third-order valence-corrected chi connectivity index (χ3v) is 7.71. The zero-order chi connectivity index (χ0) is 28.4. The van der Waals surface area contributed by atoms with Crippen LogP contribution in [0.3, 0.4) is 0 Å².